The zero-order chi connectivity index (χ0) is 24.4. The average Bonchev–Trinajstić information content (AvgIpc) is 3.39. The molecule has 2 heterocycles. The van der Waals surface area contributed by atoms with Crippen LogP contribution in [0, 0.1) is 6.92 Å². The molecule has 0 aliphatic carbocycles. The first kappa shape index (κ1) is 22.9. The molecule has 1 fully saturated rings. The lowest BCUT2D eigenvalue weighted by molar-refractivity contribution is -0.132. The molecule has 2 aromatic carbocycles. The van der Waals surface area contributed by atoms with Gasteiger partial charge in [0.1, 0.15) is 17.3 Å². The molecule has 0 spiro atoms. The molecule has 1 aliphatic rings. The van der Waals surface area contributed by atoms with Gasteiger partial charge in [-0.25, -0.2) is 0 Å². The minimum Gasteiger partial charge on any atom is -0.507 e. The van der Waals surface area contributed by atoms with E-state index in [1.54, 1.807) is 49.4 Å². The summed E-state index contributed by atoms with van der Waals surface area (Å²) < 4.78 is 21.2. The number of ketones is 1. The molecule has 9 heteroatoms. The van der Waals surface area contributed by atoms with Gasteiger partial charge < -0.3 is 23.8 Å². The average molecular weight is 464 g/mol. The first-order valence-electron chi connectivity index (χ1n) is 10.6. The van der Waals surface area contributed by atoms with Gasteiger partial charge >= 0.3 is 5.91 Å². The molecular weight excluding hydrogens is 440 g/mol. The fraction of sp³-hybridized carbons (Fsp3) is 0.240. The monoisotopic (exact) mass is 464 g/mol. The molecule has 34 heavy (non-hydrogen) atoms. The summed E-state index contributed by atoms with van der Waals surface area (Å²) in [6.07, 6.45) is 0. The van der Waals surface area contributed by atoms with Crippen molar-refractivity contribution in [3.05, 3.63) is 71.0 Å². The highest BCUT2D eigenvalue weighted by Gasteiger charge is 2.48. The van der Waals surface area contributed by atoms with Gasteiger partial charge in [0.2, 0.25) is 0 Å². The number of ether oxygens (including phenoxy) is 3. The molecule has 1 aromatic heterocycles. The van der Waals surface area contributed by atoms with Crippen LogP contribution in [0.2, 0.25) is 0 Å². The lowest BCUT2D eigenvalue weighted by atomic mass is 9.95. The molecule has 1 aliphatic heterocycles. The lowest BCUT2D eigenvalue weighted by Crippen LogP contribution is -2.29. The number of rotatable bonds is 7. The molecule has 1 atom stereocenters. The molecule has 4 rings (SSSR count). The van der Waals surface area contributed by atoms with Gasteiger partial charge in [0, 0.05) is 11.6 Å². The summed E-state index contributed by atoms with van der Waals surface area (Å²) in [7, 11) is 2.96. The van der Waals surface area contributed by atoms with E-state index in [4.69, 9.17) is 18.7 Å². The smallest absolute Gasteiger partial charge is 0.301 e. The summed E-state index contributed by atoms with van der Waals surface area (Å²) in [5.41, 5.74) is 0.801. The molecular formula is C25H24N2O7. The third-order valence-corrected chi connectivity index (χ3v) is 5.47. The Balaban J connectivity index is 1.90. The number of hydrogen-bond donors (Lipinski definition) is 1. The van der Waals surface area contributed by atoms with Crippen molar-refractivity contribution in [2.24, 2.45) is 0 Å². The maximum absolute atomic E-state index is 13.2. The van der Waals surface area contributed by atoms with Crippen molar-refractivity contribution in [2.75, 3.05) is 25.7 Å². The Kier molecular flexibility index (Phi) is 6.27. The highest BCUT2D eigenvalue weighted by molar-refractivity contribution is 6.51. The van der Waals surface area contributed by atoms with E-state index in [1.807, 2.05) is 6.92 Å². The number of methoxy groups -OCH3 is 2. The summed E-state index contributed by atoms with van der Waals surface area (Å²) in [5, 5.41) is 15.2. The third-order valence-electron chi connectivity index (χ3n) is 5.47. The van der Waals surface area contributed by atoms with Crippen molar-refractivity contribution >= 4 is 23.3 Å². The van der Waals surface area contributed by atoms with Crippen LogP contribution in [0.5, 0.6) is 17.2 Å². The third kappa shape index (κ3) is 3.96. The molecule has 0 unspecified atom stereocenters. The van der Waals surface area contributed by atoms with E-state index >= 15 is 0 Å². The first-order valence-corrected chi connectivity index (χ1v) is 10.6. The molecule has 1 saturated heterocycles. The molecule has 1 amide bonds. The largest absolute Gasteiger partial charge is 0.507 e. The van der Waals surface area contributed by atoms with Gasteiger partial charge in [0.15, 0.2) is 17.3 Å². The van der Waals surface area contributed by atoms with Crippen molar-refractivity contribution in [3.63, 3.8) is 0 Å². The first-order chi connectivity index (χ1) is 16.4. The Hall–Kier alpha value is -4.27. The van der Waals surface area contributed by atoms with E-state index < -0.39 is 17.7 Å². The summed E-state index contributed by atoms with van der Waals surface area (Å²) in [4.78, 5) is 27.5. The Labute approximate surface area is 196 Å². The minimum atomic E-state index is -0.937. The second kappa shape index (κ2) is 9.30. The quantitative estimate of drug-likeness (QED) is 0.317. The predicted molar refractivity (Wildman–Crippen MR) is 123 cm³/mol. The molecule has 0 saturated carbocycles. The number of hydrogen-bond acceptors (Lipinski definition) is 8. The number of anilines is 1. The van der Waals surface area contributed by atoms with Crippen LogP contribution in [0.25, 0.3) is 5.76 Å². The number of aromatic nitrogens is 1. The molecule has 9 nitrogen and oxygen atoms in total. The fourth-order valence-corrected chi connectivity index (χ4v) is 3.90. The number of benzene rings is 2. The second-order valence-corrected chi connectivity index (χ2v) is 7.54. The van der Waals surface area contributed by atoms with Crippen LogP contribution >= 0.6 is 0 Å². The number of amides is 1. The van der Waals surface area contributed by atoms with Crippen LogP contribution < -0.4 is 19.1 Å². The van der Waals surface area contributed by atoms with Crippen LogP contribution in [0.3, 0.4) is 0 Å². The molecule has 176 valence electrons. The standard InChI is InChI=1S/C25H24N2O7/c1-5-33-17-9-6-15(7-10-17)22-21(23(28)16-8-11-18(31-3)19(13-16)32-4)24(29)25(30)27(22)20-12-14(2)34-26-20/h6-13,22,28H,5H2,1-4H3/b23-21+/t22-/m0/s1. The van der Waals surface area contributed by atoms with Crippen LogP contribution in [-0.2, 0) is 9.59 Å². The molecule has 0 bridgehead atoms. The predicted octanol–water partition coefficient (Wildman–Crippen LogP) is 4.03. The fourth-order valence-electron chi connectivity index (χ4n) is 3.90. The van der Waals surface area contributed by atoms with Gasteiger partial charge in [0.05, 0.1) is 32.4 Å². The number of carbonyl (C=O) groups is 2. The van der Waals surface area contributed by atoms with E-state index in [2.05, 4.69) is 5.16 Å². The highest BCUT2D eigenvalue weighted by atomic mass is 16.5. The number of nitrogens with zero attached hydrogens (tertiary/aromatic N) is 2. The van der Waals surface area contributed by atoms with Crippen molar-refractivity contribution in [2.45, 2.75) is 19.9 Å². The zero-order valence-corrected chi connectivity index (χ0v) is 19.2. The van der Waals surface area contributed by atoms with Crippen molar-refractivity contribution in [1.29, 1.82) is 0 Å². The Morgan fingerprint density at radius 2 is 1.76 bits per heavy atom. The topological polar surface area (TPSA) is 111 Å². The van der Waals surface area contributed by atoms with Gasteiger partial charge in [-0.1, -0.05) is 17.3 Å². The van der Waals surface area contributed by atoms with Crippen molar-refractivity contribution < 1.29 is 33.4 Å². The van der Waals surface area contributed by atoms with Crippen LogP contribution in [-0.4, -0.2) is 42.8 Å². The maximum atomic E-state index is 13.2. The molecule has 1 N–H and O–H groups in total. The summed E-state index contributed by atoms with van der Waals surface area (Å²) in [6.45, 7) is 4.05. The van der Waals surface area contributed by atoms with Crippen LogP contribution in [0.15, 0.2) is 58.6 Å². The van der Waals surface area contributed by atoms with E-state index in [1.165, 1.54) is 25.2 Å². The van der Waals surface area contributed by atoms with E-state index in [0.29, 0.717) is 40.7 Å². The Morgan fingerprint density at radius 3 is 2.35 bits per heavy atom. The number of aliphatic hydroxyl groups is 1. The summed E-state index contributed by atoms with van der Waals surface area (Å²) in [5.74, 6) is 0.0977. The highest BCUT2D eigenvalue weighted by Crippen LogP contribution is 2.43. The summed E-state index contributed by atoms with van der Waals surface area (Å²) >= 11 is 0. The van der Waals surface area contributed by atoms with Crippen LogP contribution in [0.1, 0.15) is 29.9 Å². The minimum absolute atomic E-state index is 0.0815. The lowest BCUT2D eigenvalue weighted by Gasteiger charge is -2.23. The number of Topliss-reactive ketones (excluding diaryl/α,β-unsaturated/α-hetero) is 1. The van der Waals surface area contributed by atoms with Crippen molar-refractivity contribution in [1.82, 2.24) is 5.16 Å². The van der Waals surface area contributed by atoms with Gasteiger partial charge in [-0.2, -0.15) is 0 Å². The van der Waals surface area contributed by atoms with Gasteiger partial charge in [-0.3, -0.25) is 14.5 Å². The van der Waals surface area contributed by atoms with E-state index in [0.717, 1.165) is 0 Å². The van der Waals surface area contributed by atoms with Gasteiger partial charge in [-0.05, 0) is 49.7 Å². The summed E-state index contributed by atoms with van der Waals surface area (Å²) in [6, 6.07) is 12.3. The normalized spacial score (nSPS) is 17.2. The molecule has 3 aromatic rings. The SMILES string of the molecule is CCOc1ccc([C@H]2/C(=C(\O)c3ccc(OC)c(OC)c3)C(=O)C(=O)N2c2cc(C)on2)cc1. The van der Waals surface area contributed by atoms with Gasteiger partial charge in [-0.15, -0.1) is 0 Å². The van der Waals surface area contributed by atoms with E-state index in [-0.39, 0.29) is 17.2 Å². The number of aliphatic hydroxyl groups excluding tert-OH is 1. The van der Waals surface area contributed by atoms with Crippen LogP contribution in [0.4, 0.5) is 5.82 Å². The Morgan fingerprint density at radius 1 is 1.06 bits per heavy atom. The van der Waals surface area contributed by atoms with Crippen molar-refractivity contribution in [3.8, 4) is 17.2 Å². The molecule has 0 radical (unpaired) electrons. The van der Waals surface area contributed by atoms with Gasteiger partial charge in [0.25, 0.3) is 5.78 Å². The zero-order valence-electron chi connectivity index (χ0n) is 19.2. The second-order valence-electron chi connectivity index (χ2n) is 7.54. The maximum Gasteiger partial charge on any atom is 0.301 e. The number of aryl methyl sites for hydroxylation is 1. The Bertz CT molecular complexity index is 1260. The number of carbonyl (C=O) groups excluding carboxylic acids is 2. The van der Waals surface area contributed by atoms with E-state index in [9.17, 15) is 14.7 Å².